The normalized spacial score (nSPS) is 17.3. The first-order valence-corrected chi connectivity index (χ1v) is 7.10. The zero-order chi connectivity index (χ0) is 15.2. The van der Waals surface area contributed by atoms with Crippen molar-refractivity contribution in [1.29, 1.82) is 0 Å². The van der Waals surface area contributed by atoms with E-state index in [1.807, 2.05) is 0 Å². The number of anilines is 1. The average Bonchev–Trinajstić information content (AvgIpc) is 2.98. The minimum absolute atomic E-state index is 0.0823. The Kier molecular flexibility index (Phi) is 5.36. The van der Waals surface area contributed by atoms with Crippen molar-refractivity contribution in [3.05, 3.63) is 41.4 Å². The van der Waals surface area contributed by atoms with E-state index in [0.29, 0.717) is 17.8 Å². The molecule has 2 N–H and O–H groups in total. The summed E-state index contributed by atoms with van der Waals surface area (Å²) in [5.74, 6) is -0.584. The summed E-state index contributed by atoms with van der Waals surface area (Å²) in [6.45, 7) is 4.59. The second-order valence-corrected chi connectivity index (χ2v) is 5.14. The Morgan fingerprint density at radius 1 is 1.48 bits per heavy atom. The molecule has 1 aromatic carbocycles. The molecule has 6 heteroatoms. The monoisotopic (exact) mass is 308 g/mol. The van der Waals surface area contributed by atoms with E-state index >= 15 is 0 Å². The van der Waals surface area contributed by atoms with Crippen molar-refractivity contribution in [3.63, 3.8) is 0 Å². The number of hydrogen-bond acceptors (Lipinski definition) is 3. The molecule has 0 saturated carbocycles. The number of hydrogen-bond donors (Lipinski definition) is 2. The van der Waals surface area contributed by atoms with Crippen LogP contribution in [-0.2, 0) is 9.53 Å². The Hall–Kier alpha value is -1.85. The molecule has 1 heterocycles. The van der Waals surface area contributed by atoms with Gasteiger partial charge in [0.15, 0.2) is 0 Å². The summed E-state index contributed by atoms with van der Waals surface area (Å²) < 4.78 is 5.44. The quantitative estimate of drug-likeness (QED) is 0.821. The predicted molar refractivity (Wildman–Crippen MR) is 81.6 cm³/mol. The van der Waals surface area contributed by atoms with Gasteiger partial charge in [0.25, 0.3) is 5.91 Å². The lowest BCUT2D eigenvalue weighted by molar-refractivity contribution is -0.111. The van der Waals surface area contributed by atoms with E-state index in [2.05, 4.69) is 17.2 Å². The third-order valence-corrected chi connectivity index (χ3v) is 3.49. The molecular weight excluding hydrogens is 292 g/mol. The van der Waals surface area contributed by atoms with Crippen LogP contribution in [0.15, 0.2) is 30.9 Å². The van der Waals surface area contributed by atoms with Crippen LogP contribution in [0.2, 0.25) is 5.02 Å². The molecular formula is C15H17ClN2O3. The lowest BCUT2D eigenvalue weighted by atomic mass is 10.1. The van der Waals surface area contributed by atoms with Gasteiger partial charge in [-0.05, 0) is 37.1 Å². The highest BCUT2D eigenvalue weighted by Gasteiger charge is 2.17. The van der Waals surface area contributed by atoms with Gasteiger partial charge in [-0.3, -0.25) is 9.59 Å². The third kappa shape index (κ3) is 4.31. The van der Waals surface area contributed by atoms with Crippen molar-refractivity contribution in [2.24, 2.45) is 0 Å². The highest BCUT2D eigenvalue weighted by molar-refractivity contribution is 6.34. The molecule has 5 nitrogen and oxygen atoms in total. The molecule has 1 atom stereocenters. The molecule has 1 saturated heterocycles. The van der Waals surface area contributed by atoms with E-state index in [1.165, 1.54) is 6.07 Å². The van der Waals surface area contributed by atoms with Gasteiger partial charge < -0.3 is 15.4 Å². The lowest BCUT2D eigenvalue weighted by Crippen LogP contribution is -2.31. The molecule has 0 spiro atoms. The molecule has 1 unspecified atom stereocenters. The van der Waals surface area contributed by atoms with Crippen molar-refractivity contribution < 1.29 is 14.3 Å². The van der Waals surface area contributed by atoms with Gasteiger partial charge in [0.05, 0.1) is 16.7 Å². The summed E-state index contributed by atoms with van der Waals surface area (Å²) in [5, 5.41) is 5.66. The second kappa shape index (κ2) is 7.24. The summed E-state index contributed by atoms with van der Waals surface area (Å²) in [7, 11) is 0. The molecule has 0 radical (unpaired) electrons. The van der Waals surface area contributed by atoms with Gasteiger partial charge in [0.2, 0.25) is 5.91 Å². The fourth-order valence-electron chi connectivity index (χ4n) is 2.08. The van der Waals surface area contributed by atoms with Gasteiger partial charge in [-0.25, -0.2) is 0 Å². The number of amides is 2. The summed E-state index contributed by atoms with van der Waals surface area (Å²) in [5.41, 5.74) is 0.881. The molecule has 0 aromatic heterocycles. The summed E-state index contributed by atoms with van der Waals surface area (Å²) in [6.07, 6.45) is 3.23. The van der Waals surface area contributed by atoms with Crippen molar-refractivity contribution in [2.45, 2.75) is 18.9 Å². The van der Waals surface area contributed by atoms with Crippen LogP contribution >= 0.6 is 11.6 Å². The SMILES string of the molecule is C=CC(=O)Nc1ccc(C(=O)NCC2CCCO2)c(Cl)c1. The van der Waals surface area contributed by atoms with Crippen LogP contribution in [-0.4, -0.2) is 31.1 Å². The van der Waals surface area contributed by atoms with Gasteiger partial charge in [-0.2, -0.15) is 0 Å². The van der Waals surface area contributed by atoms with Crippen molar-refractivity contribution in [2.75, 3.05) is 18.5 Å². The summed E-state index contributed by atoms with van der Waals surface area (Å²) in [6, 6.07) is 4.73. The van der Waals surface area contributed by atoms with E-state index in [0.717, 1.165) is 25.5 Å². The van der Waals surface area contributed by atoms with Gasteiger partial charge >= 0.3 is 0 Å². The first kappa shape index (κ1) is 15.5. The topological polar surface area (TPSA) is 67.4 Å². The molecule has 21 heavy (non-hydrogen) atoms. The van der Waals surface area contributed by atoms with Crippen molar-refractivity contribution in [3.8, 4) is 0 Å². The van der Waals surface area contributed by atoms with E-state index < -0.39 is 0 Å². The molecule has 1 aromatic rings. The number of carbonyl (C=O) groups excluding carboxylic acids is 2. The summed E-state index contributed by atoms with van der Waals surface area (Å²) in [4.78, 5) is 23.3. The number of rotatable bonds is 5. The smallest absolute Gasteiger partial charge is 0.252 e. The van der Waals surface area contributed by atoms with Gasteiger partial charge in [0.1, 0.15) is 0 Å². The van der Waals surface area contributed by atoms with Crippen molar-refractivity contribution in [1.82, 2.24) is 5.32 Å². The second-order valence-electron chi connectivity index (χ2n) is 4.73. The zero-order valence-corrected chi connectivity index (χ0v) is 12.3. The van der Waals surface area contributed by atoms with Crippen LogP contribution in [0.3, 0.4) is 0 Å². The molecule has 1 fully saturated rings. The first-order valence-electron chi connectivity index (χ1n) is 6.73. The third-order valence-electron chi connectivity index (χ3n) is 3.18. The Morgan fingerprint density at radius 2 is 2.29 bits per heavy atom. The minimum Gasteiger partial charge on any atom is -0.376 e. The maximum Gasteiger partial charge on any atom is 0.252 e. The number of benzene rings is 1. The van der Waals surface area contributed by atoms with Crippen LogP contribution in [0.1, 0.15) is 23.2 Å². The van der Waals surface area contributed by atoms with Gasteiger partial charge in [0, 0.05) is 18.8 Å². The van der Waals surface area contributed by atoms with Crippen LogP contribution in [0.25, 0.3) is 0 Å². The van der Waals surface area contributed by atoms with Crippen LogP contribution < -0.4 is 10.6 Å². The van der Waals surface area contributed by atoms with E-state index in [4.69, 9.17) is 16.3 Å². The molecule has 2 amide bonds. The molecule has 112 valence electrons. The molecule has 0 aliphatic carbocycles. The van der Waals surface area contributed by atoms with E-state index in [-0.39, 0.29) is 22.9 Å². The highest BCUT2D eigenvalue weighted by atomic mass is 35.5. The highest BCUT2D eigenvalue weighted by Crippen LogP contribution is 2.21. The standard InChI is InChI=1S/C15H17ClN2O3/c1-2-14(19)18-10-5-6-12(13(16)8-10)15(20)17-9-11-4-3-7-21-11/h2,5-6,8,11H,1,3-4,7,9H2,(H,17,20)(H,18,19). The van der Waals surface area contributed by atoms with E-state index in [1.54, 1.807) is 12.1 Å². The maximum absolute atomic E-state index is 12.1. The number of carbonyl (C=O) groups is 2. The predicted octanol–water partition coefficient (Wildman–Crippen LogP) is 2.37. The number of nitrogens with one attached hydrogen (secondary N) is 2. The van der Waals surface area contributed by atoms with E-state index in [9.17, 15) is 9.59 Å². The van der Waals surface area contributed by atoms with Gasteiger partial charge in [-0.15, -0.1) is 0 Å². The number of ether oxygens (including phenoxy) is 1. The molecule has 0 bridgehead atoms. The van der Waals surface area contributed by atoms with Crippen LogP contribution in [0.5, 0.6) is 0 Å². The van der Waals surface area contributed by atoms with Crippen LogP contribution in [0, 0.1) is 0 Å². The van der Waals surface area contributed by atoms with Gasteiger partial charge in [-0.1, -0.05) is 18.2 Å². The molecule has 1 aliphatic heterocycles. The summed E-state index contributed by atoms with van der Waals surface area (Å²) >= 11 is 6.08. The maximum atomic E-state index is 12.1. The Bertz CT molecular complexity index is 554. The fourth-order valence-corrected chi connectivity index (χ4v) is 2.34. The average molecular weight is 309 g/mol. The largest absolute Gasteiger partial charge is 0.376 e. The van der Waals surface area contributed by atoms with Crippen LogP contribution in [0.4, 0.5) is 5.69 Å². The number of halogens is 1. The Balaban J connectivity index is 1.97. The lowest BCUT2D eigenvalue weighted by Gasteiger charge is -2.12. The Morgan fingerprint density at radius 3 is 2.90 bits per heavy atom. The first-order chi connectivity index (χ1) is 10.1. The minimum atomic E-state index is -0.332. The van der Waals surface area contributed by atoms with Crippen molar-refractivity contribution >= 4 is 29.1 Å². The molecule has 1 aliphatic rings. The zero-order valence-electron chi connectivity index (χ0n) is 11.5. The fraction of sp³-hybridized carbons (Fsp3) is 0.333. The molecule has 2 rings (SSSR count). The Labute approximate surface area is 128 Å².